The second kappa shape index (κ2) is 12.7. The Balaban J connectivity index is 1.76. The molecule has 0 saturated carbocycles. The third kappa shape index (κ3) is 7.54. The van der Waals surface area contributed by atoms with Crippen molar-refractivity contribution in [1.29, 1.82) is 0 Å². The number of carbonyl (C=O) groups excluding carboxylic acids is 2. The zero-order valence-electron chi connectivity index (χ0n) is 19.8. The van der Waals surface area contributed by atoms with Crippen LogP contribution in [-0.2, 0) is 17.8 Å². The van der Waals surface area contributed by atoms with Crippen molar-refractivity contribution in [3.8, 4) is 5.75 Å². The maximum absolute atomic E-state index is 13.2. The summed E-state index contributed by atoms with van der Waals surface area (Å²) in [6, 6.07) is 24.9. The van der Waals surface area contributed by atoms with Crippen molar-refractivity contribution in [3.05, 3.63) is 101 Å². The Morgan fingerprint density at radius 1 is 0.912 bits per heavy atom. The summed E-state index contributed by atoms with van der Waals surface area (Å²) in [7, 11) is 0. The Bertz CT molecular complexity index is 1030. The molecule has 6 nitrogen and oxygen atoms in total. The molecular weight excluding hydrogens is 428 g/mol. The van der Waals surface area contributed by atoms with Gasteiger partial charge in [-0.1, -0.05) is 60.7 Å². The highest BCUT2D eigenvalue weighted by Crippen LogP contribution is 2.21. The maximum Gasteiger partial charge on any atom is 0.252 e. The highest BCUT2D eigenvalue weighted by atomic mass is 16.5. The quantitative estimate of drug-likeness (QED) is 0.381. The van der Waals surface area contributed by atoms with Crippen LogP contribution in [0.1, 0.15) is 45.7 Å². The van der Waals surface area contributed by atoms with Crippen LogP contribution in [0, 0.1) is 0 Å². The first-order valence-corrected chi connectivity index (χ1v) is 11.5. The summed E-state index contributed by atoms with van der Waals surface area (Å²) in [5.41, 5.74) is 8.43. The van der Waals surface area contributed by atoms with Gasteiger partial charge in [0, 0.05) is 25.3 Å². The van der Waals surface area contributed by atoms with E-state index in [9.17, 15) is 9.59 Å². The first kappa shape index (κ1) is 25.1. The van der Waals surface area contributed by atoms with Gasteiger partial charge in [0.1, 0.15) is 12.4 Å². The monoisotopic (exact) mass is 460 g/mol. The molecule has 178 valence electrons. The SMILES string of the molecule is CCOC(C)COc1ccc(C(=O)CN(Cc2ccccc2)Cc2ccccc2)cc1C(N)=O. The lowest BCUT2D eigenvalue weighted by atomic mass is 10.0. The van der Waals surface area contributed by atoms with Crippen LogP contribution in [0.25, 0.3) is 0 Å². The fourth-order valence-electron chi connectivity index (χ4n) is 3.71. The number of nitrogens with two attached hydrogens (primary N) is 1. The van der Waals surface area contributed by atoms with E-state index in [1.54, 1.807) is 12.1 Å². The first-order chi connectivity index (χ1) is 16.5. The topological polar surface area (TPSA) is 81.9 Å². The highest BCUT2D eigenvalue weighted by molar-refractivity contribution is 6.02. The van der Waals surface area contributed by atoms with Crippen LogP contribution in [0.15, 0.2) is 78.9 Å². The summed E-state index contributed by atoms with van der Waals surface area (Å²) in [6.45, 7) is 6.10. The summed E-state index contributed by atoms with van der Waals surface area (Å²) >= 11 is 0. The lowest BCUT2D eigenvalue weighted by Gasteiger charge is -2.22. The van der Waals surface area contributed by atoms with Gasteiger partial charge in [0.2, 0.25) is 0 Å². The summed E-state index contributed by atoms with van der Waals surface area (Å²) in [5, 5.41) is 0. The van der Waals surface area contributed by atoms with E-state index in [4.69, 9.17) is 15.2 Å². The number of amides is 1. The average Bonchev–Trinajstić information content (AvgIpc) is 2.84. The fraction of sp³-hybridized carbons (Fsp3) is 0.286. The molecule has 0 heterocycles. The standard InChI is InChI=1S/C28H32N2O4/c1-3-33-21(2)20-34-27-15-14-24(16-25(27)28(29)32)26(31)19-30(17-22-10-6-4-7-11-22)18-23-12-8-5-9-13-23/h4-16,21H,3,17-20H2,1-2H3,(H2,29,32). The summed E-state index contributed by atoms with van der Waals surface area (Å²) in [5.74, 6) is -0.385. The summed E-state index contributed by atoms with van der Waals surface area (Å²) in [4.78, 5) is 27.4. The zero-order valence-corrected chi connectivity index (χ0v) is 19.8. The van der Waals surface area contributed by atoms with Crippen molar-refractivity contribution in [2.24, 2.45) is 5.73 Å². The van der Waals surface area contributed by atoms with E-state index < -0.39 is 5.91 Å². The number of hydrogen-bond acceptors (Lipinski definition) is 5. The second-order valence-corrected chi connectivity index (χ2v) is 8.19. The molecular formula is C28H32N2O4. The van der Waals surface area contributed by atoms with Crippen LogP contribution < -0.4 is 10.5 Å². The van der Waals surface area contributed by atoms with Gasteiger partial charge in [-0.2, -0.15) is 0 Å². The van der Waals surface area contributed by atoms with E-state index >= 15 is 0 Å². The van der Waals surface area contributed by atoms with Gasteiger partial charge in [0.05, 0.1) is 18.2 Å². The van der Waals surface area contributed by atoms with Crippen LogP contribution in [0.5, 0.6) is 5.75 Å². The third-order valence-corrected chi connectivity index (χ3v) is 5.36. The van der Waals surface area contributed by atoms with Crippen molar-refractivity contribution < 1.29 is 19.1 Å². The molecule has 0 aliphatic rings. The smallest absolute Gasteiger partial charge is 0.252 e. The minimum absolute atomic E-state index is 0.0939. The third-order valence-electron chi connectivity index (χ3n) is 5.36. The summed E-state index contributed by atoms with van der Waals surface area (Å²) in [6.07, 6.45) is -0.128. The van der Waals surface area contributed by atoms with Crippen molar-refractivity contribution in [3.63, 3.8) is 0 Å². The zero-order chi connectivity index (χ0) is 24.3. The van der Waals surface area contributed by atoms with Gasteiger partial charge in [-0.05, 0) is 43.2 Å². The molecule has 1 unspecified atom stereocenters. The number of carbonyl (C=O) groups is 2. The van der Waals surface area contributed by atoms with E-state index in [0.717, 1.165) is 11.1 Å². The van der Waals surface area contributed by atoms with Crippen LogP contribution in [-0.4, -0.2) is 42.5 Å². The minimum atomic E-state index is -0.640. The minimum Gasteiger partial charge on any atom is -0.490 e. The Morgan fingerprint density at radius 2 is 1.50 bits per heavy atom. The maximum atomic E-state index is 13.2. The van der Waals surface area contributed by atoms with E-state index in [1.807, 2.05) is 74.5 Å². The van der Waals surface area contributed by atoms with E-state index in [1.165, 1.54) is 6.07 Å². The number of primary amides is 1. The van der Waals surface area contributed by atoms with Gasteiger partial charge in [0.15, 0.2) is 5.78 Å². The van der Waals surface area contributed by atoms with Crippen molar-refractivity contribution in [2.45, 2.75) is 33.0 Å². The van der Waals surface area contributed by atoms with Gasteiger partial charge >= 0.3 is 0 Å². The Kier molecular flexibility index (Phi) is 9.38. The number of hydrogen-bond donors (Lipinski definition) is 1. The van der Waals surface area contributed by atoms with Crippen molar-refractivity contribution in [2.75, 3.05) is 19.8 Å². The number of ketones is 1. The lowest BCUT2D eigenvalue weighted by Crippen LogP contribution is -2.29. The molecule has 3 rings (SSSR count). The molecule has 3 aromatic rings. The molecule has 0 bridgehead atoms. The van der Waals surface area contributed by atoms with Crippen LogP contribution in [0.4, 0.5) is 0 Å². The predicted molar refractivity (Wildman–Crippen MR) is 133 cm³/mol. The fourth-order valence-corrected chi connectivity index (χ4v) is 3.71. The summed E-state index contributed by atoms with van der Waals surface area (Å²) < 4.78 is 11.2. The van der Waals surface area contributed by atoms with Crippen LogP contribution in [0.3, 0.4) is 0 Å². The number of ether oxygens (including phenoxy) is 2. The van der Waals surface area contributed by atoms with E-state index in [0.29, 0.717) is 31.0 Å². The first-order valence-electron chi connectivity index (χ1n) is 11.5. The van der Waals surface area contributed by atoms with Gasteiger partial charge < -0.3 is 15.2 Å². The molecule has 0 aliphatic heterocycles. The normalized spacial score (nSPS) is 11.9. The molecule has 0 aromatic heterocycles. The van der Waals surface area contributed by atoms with Gasteiger partial charge in [0.25, 0.3) is 5.91 Å². The Morgan fingerprint density at radius 3 is 2.03 bits per heavy atom. The van der Waals surface area contributed by atoms with E-state index in [-0.39, 0.29) is 30.6 Å². The largest absolute Gasteiger partial charge is 0.490 e. The molecule has 2 N–H and O–H groups in total. The van der Waals surface area contributed by atoms with Crippen molar-refractivity contribution in [1.82, 2.24) is 4.90 Å². The molecule has 0 saturated heterocycles. The van der Waals surface area contributed by atoms with Crippen molar-refractivity contribution >= 4 is 11.7 Å². The van der Waals surface area contributed by atoms with Gasteiger partial charge in [-0.3, -0.25) is 14.5 Å². The molecule has 0 aliphatic carbocycles. The molecule has 1 amide bonds. The molecule has 0 radical (unpaired) electrons. The van der Waals surface area contributed by atoms with Crippen LogP contribution in [0.2, 0.25) is 0 Å². The average molecular weight is 461 g/mol. The number of nitrogens with zero attached hydrogens (tertiary/aromatic N) is 1. The molecule has 1 atom stereocenters. The second-order valence-electron chi connectivity index (χ2n) is 8.19. The van der Waals surface area contributed by atoms with Crippen LogP contribution >= 0.6 is 0 Å². The molecule has 0 spiro atoms. The lowest BCUT2D eigenvalue weighted by molar-refractivity contribution is 0.0398. The highest BCUT2D eigenvalue weighted by Gasteiger charge is 2.18. The molecule has 0 fully saturated rings. The van der Waals surface area contributed by atoms with Gasteiger partial charge in [-0.15, -0.1) is 0 Å². The molecule has 6 heteroatoms. The van der Waals surface area contributed by atoms with Gasteiger partial charge in [-0.25, -0.2) is 0 Å². The Labute approximate surface area is 201 Å². The predicted octanol–water partition coefficient (Wildman–Crippen LogP) is 4.47. The number of Topliss-reactive ketones (excluding diaryl/α,β-unsaturated/α-hetero) is 1. The van der Waals surface area contributed by atoms with E-state index in [2.05, 4.69) is 4.90 Å². The number of benzene rings is 3. The molecule has 34 heavy (non-hydrogen) atoms. The Hall–Kier alpha value is -3.48. The molecule has 3 aromatic carbocycles. The number of rotatable bonds is 13.